The molecule has 1 amide bonds. The maximum absolute atomic E-state index is 11.9. The number of hydrogen-bond donors (Lipinski definition) is 1. The van der Waals surface area contributed by atoms with Crippen LogP contribution < -0.4 is 5.32 Å². The average molecular weight is 254 g/mol. The molecule has 0 aromatic heterocycles. The Kier molecular flexibility index (Phi) is 5.01. The van der Waals surface area contributed by atoms with E-state index in [9.17, 15) is 4.79 Å². The summed E-state index contributed by atoms with van der Waals surface area (Å²) in [7, 11) is 0. The first kappa shape index (κ1) is 13.8. The molecule has 2 atom stereocenters. The van der Waals surface area contributed by atoms with E-state index in [2.05, 4.69) is 19.2 Å². The molecule has 0 spiro atoms. The Morgan fingerprint density at radius 3 is 2.44 bits per heavy atom. The van der Waals surface area contributed by atoms with Crippen LogP contribution in [0, 0.1) is 0 Å². The first-order valence-electron chi connectivity index (χ1n) is 7.32. The van der Waals surface area contributed by atoms with Crippen LogP contribution in [0.4, 0.5) is 0 Å². The third kappa shape index (κ3) is 3.95. The van der Waals surface area contributed by atoms with E-state index in [1.54, 1.807) is 0 Å². The lowest BCUT2D eigenvalue weighted by molar-refractivity contribution is -0.130. The maximum atomic E-state index is 11.9. The van der Waals surface area contributed by atoms with Gasteiger partial charge < -0.3 is 15.0 Å². The topological polar surface area (TPSA) is 41.6 Å². The summed E-state index contributed by atoms with van der Waals surface area (Å²) in [6.45, 7) is 6.98. The number of carbonyl (C=O) groups is 1. The van der Waals surface area contributed by atoms with Crippen LogP contribution in [0.1, 0.15) is 46.0 Å². The molecule has 4 nitrogen and oxygen atoms in total. The molecular weight excluding hydrogens is 228 g/mol. The van der Waals surface area contributed by atoms with Gasteiger partial charge in [-0.1, -0.05) is 0 Å². The normalized spacial score (nSPS) is 32.8. The van der Waals surface area contributed by atoms with E-state index in [0.717, 1.165) is 32.5 Å². The predicted octanol–water partition coefficient (Wildman–Crippen LogP) is 1.54. The summed E-state index contributed by atoms with van der Waals surface area (Å²) in [5.41, 5.74) is 0. The van der Waals surface area contributed by atoms with Crippen molar-refractivity contribution in [1.29, 1.82) is 0 Å². The van der Waals surface area contributed by atoms with Crippen molar-refractivity contribution in [3.05, 3.63) is 0 Å². The van der Waals surface area contributed by atoms with Crippen molar-refractivity contribution in [2.45, 2.75) is 64.2 Å². The summed E-state index contributed by atoms with van der Waals surface area (Å²) >= 11 is 0. The lowest BCUT2D eigenvalue weighted by Crippen LogP contribution is -2.42. The number of nitrogens with zero attached hydrogens (tertiary/aromatic N) is 1. The number of amides is 1. The zero-order valence-corrected chi connectivity index (χ0v) is 11.7. The SMILES string of the molecule is CC1CC(NCCC(=O)N2CCCC2)CC(C)O1. The molecule has 2 aliphatic rings. The molecule has 104 valence electrons. The van der Waals surface area contributed by atoms with Gasteiger partial charge in [0.1, 0.15) is 0 Å². The van der Waals surface area contributed by atoms with Gasteiger partial charge >= 0.3 is 0 Å². The highest BCUT2D eigenvalue weighted by Crippen LogP contribution is 2.19. The van der Waals surface area contributed by atoms with Crippen molar-refractivity contribution in [2.24, 2.45) is 0 Å². The fraction of sp³-hybridized carbons (Fsp3) is 0.929. The van der Waals surface area contributed by atoms with Crippen molar-refractivity contribution >= 4 is 5.91 Å². The second-order valence-electron chi connectivity index (χ2n) is 5.72. The van der Waals surface area contributed by atoms with Gasteiger partial charge in [-0.3, -0.25) is 4.79 Å². The van der Waals surface area contributed by atoms with Gasteiger partial charge in [-0.25, -0.2) is 0 Å². The minimum Gasteiger partial charge on any atom is -0.375 e. The lowest BCUT2D eigenvalue weighted by Gasteiger charge is -2.32. The standard InChI is InChI=1S/C14H26N2O2/c1-11-9-13(10-12(2)18-11)15-6-5-14(17)16-7-3-4-8-16/h11-13,15H,3-10H2,1-2H3. The van der Waals surface area contributed by atoms with Crippen molar-refractivity contribution in [1.82, 2.24) is 10.2 Å². The monoisotopic (exact) mass is 254 g/mol. The molecule has 18 heavy (non-hydrogen) atoms. The Morgan fingerprint density at radius 2 is 1.83 bits per heavy atom. The molecule has 2 rings (SSSR count). The van der Waals surface area contributed by atoms with Gasteiger partial charge in [0.15, 0.2) is 0 Å². The van der Waals surface area contributed by atoms with Crippen LogP contribution in [0.3, 0.4) is 0 Å². The lowest BCUT2D eigenvalue weighted by atomic mass is 10.00. The Balaban J connectivity index is 1.63. The van der Waals surface area contributed by atoms with Crippen LogP contribution in [-0.4, -0.2) is 48.7 Å². The van der Waals surface area contributed by atoms with E-state index in [1.165, 1.54) is 12.8 Å². The molecule has 2 aliphatic heterocycles. The van der Waals surface area contributed by atoms with E-state index < -0.39 is 0 Å². The summed E-state index contributed by atoms with van der Waals surface area (Å²) in [5, 5.41) is 3.51. The third-order valence-corrected chi connectivity index (χ3v) is 3.93. The summed E-state index contributed by atoms with van der Waals surface area (Å²) in [6, 6.07) is 0.509. The highest BCUT2D eigenvalue weighted by atomic mass is 16.5. The maximum Gasteiger partial charge on any atom is 0.223 e. The minimum absolute atomic E-state index is 0.313. The smallest absolute Gasteiger partial charge is 0.223 e. The molecule has 4 heteroatoms. The molecule has 0 aliphatic carbocycles. The number of rotatable bonds is 4. The molecular formula is C14H26N2O2. The van der Waals surface area contributed by atoms with Crippen LogP contribution in [0.2, 0.25) is 0 Å². The second kappa shape index (κ2) is 6.53. The third-order valence-electron chi connectivity index (χ3n) is 3.93. The van der Waals surface area contributed by atoms with Gasteiger partial charge in [0.25, 0.3) is 0 Å². The number of nitrogens with one attached hydrogen (secondary N) is 1. The number of ether oxygens (including phenoxy) is 1. The first-order chi connectivity index (χ1) is 8.65. The molecule has 0 radical (unpaired) electrons. The van der Waals surface area contributed by atoms with Gasteiger partial charge in [0.05, 0.1) is 12.2 Å². The Hall–Kier alpha value is -0.610. The van der Waals surface area contributed by atoms with Crippen molar-refractivity contribution < 1.29 is 9.53 Å². The van der Waals surface area contributed by atoms with E-state index >= 15 is 0 Å². The van der Waals surface area contributed by atoms with Gasteiger partial charge in [-0.15, -0.1) is 0 Å². The van der Waals surface area contributed by atoms with Crippen LogP contribution >= 0.6 is 0 Å². The predicted molar refractivity (Wildman–Crippen MR) is 71.5 cm³/mol. The van der Waals surface area contributed by atoms with Gasteiger partial charge in [0.2, 0.25) is 5.91 Å². The van der Waals surface area contributed by atoms with E-state index in [-0.39, 0.29) is 0 Å². The first-order valence-corrected chi connectivity index (χ1v) is 7.32. The van der Waals surface area contributed by atoms with Gasteiger partial charge in [-0.05, 0) is 39.5 Å². The summed E-state index contributed by atoms with van der Waals surface area (Å²) < 4.78 is 5.71. The highest BCUT2D eigenvalue weighted by Gasteiger charge is 2.24. The number of likely N-dealkylation sites (tertiary alicyclic amines) is 1. The molecule has 2 unspecified atom stereocenters. The molecule has 0 bridgehead atoms. The fourth-order valence-electron chi connectivity index (χ4n) is 3.08. The minimum atomic E-state index is 0.313. The second-order valence-corrected chi connectivity index (χ2v) is 5.72. The van der Waals surface area contributed by atoms with Gasteiger partial charge in [0, 0.05) is 32.1 Å². The molecule has 2 saturated heterocycles. The summed E-state index contributed by atoms with van der Waals surface area (Å²) in [5.74, 6) is 0.313. The molecule has 1 N–H and O–H groups in total. The number of hydrogen-bond acceptors (Lipinski definition) is 3. The van der Waals surface area contributed by atoms with Crippen molar-refractivity contribution in [3.63, 3.8) is 0 Å². The van der Waals surface area contributed by atoms with Crippen LogP contribution in [0.15, 0.2) is 0 Å². The van der Waals surface area contributed by atoms with E-state index in [0.29, 0.717) is 30.6 Å². The Morgan fingerprint density at radius 1 is 1.22 bits per heavy atom. The van der Waals surface area contributed by atoms with Crippen LogP contribution in [0.25, 0.3) is 0 Å². The quantitative estimate of drug-likeness (QED) is 0.827. The molecule has 0 aromatic carbocycles. The average Bonchev–Trinajstić information content (AvgIpc) is 2.80. The zero-order valence-electron chi connectivity index (χ0n) is 11.7. The fourth-order valence-corrected chi connectivity index (χ4v) is 3.08. The molecule has 2 heterocycles. The summed E-state index contributed by atoms with van der Waals surface area (Å²) in [4.78, 5) is 13.9. The van der Waals surface area contributed by atoms with Crippen LogP contribution in [-0.2, 0) is 9.53 Å². The van der Waals surface area contributed by atoms with E-state index in [4.69, 9.17) is 4.74 Å². The van der Waals surface area contributed by atoms with Gasteiger partial charge in [-0.2, -0.15) is 0 Å². The Bertz CT molecular complexity index is 267. The Labute approximate surface area is 110 Å². The zero-order chi connectivity index (χ0) is 13.0. The largest absolute Gasteiger partial charge is 0.375 e. The van der Waals surface area contributed by atoms with E-state index in [1.807, 2.05) is 4.90 Å². The van der Waals surface area contributed by atoms with Crippen molar-refractivity contribution in [2.75, 3.05) is 19.6 Å². The highest BCUT2D eigenvalue weighted by molar-refractivity contribution is 5.76. The van der Waals surface area contributed by atoms with Crippen LogP contribution in [0.5, 0.6) is 0 Å². The van der Waals surface area contributed by atoms with Crippen molar-refractivity contribution in [3.8, 4) is 0 Å². The molecule has 0 aromatic rings. The molecule has 2 fully saturated rings. The molecule has 0 saturated carbocycles. The summed E-state index contributed by atoms with van der Waals surface area (Å²) in [6.07, 6.45) is 5.77. The number of carbonyl (C=O) groups excluding carboxylic acids is 1.